The van der Waals surface area contributed by atoms with Crippen molar-refractivity contribution in [3.63, 3.8) is 0 Å². The van der Waals surface area contributed by atoms with Gasteiger partial charge < -0.3 is 25.2 Å². The number of nitrogens with zero attached hydrogens (tertiary/aromatic N) is 2. The van der Waals surface area contributed by atoms with Crippen LogP contribution in [0.25, 0.3) is 0 Å². The van der Waals surface area contributed by atoms with E-state index in [4.69, 9.17) is 4.74 Å². The summed E-state index contributed by atoms with van der Waals surface area (Å²) in [5.41, 5.74) is 1.32. The summed E-state index contributed by atoms with van der Waals surface area (Å²) >= 11 is 0. The lowest BCUT2D eigenvalue weighted by atomic mass is 9.88. The summed E-state index contributed by atoms with van der Waals surface area (Å²) in [5.74, 6) is -0.0779. The highest BCUT2D eigenvalue weighted by atomic mass is 19.4. The molecule has 0 saturated carbocycles. The number of alkyl halides is 3. The van der Waals surface area contributed by atoms with Gasteiger partial charge in [-0.25, -0.2) is 9.59 Å². The molecule has 2 N–H and O–H groups in total. The Morgan fingerprint density at radius 2 is 1.57 bits per heavy atom. The van der Waals surface area contributed by atoms with Crippen LogP contribution >= 0.6 is 0 Å². The second kappa shape index (κ2) is 12.6. The van der Waals surface area contributed by atoms with E-state index < -0.39 is 29.5 Å². The number of carbonyl (C=O) groups is 3. The van der Waals surface area contributed by atoms with E-state index in [9.17, 15) is 27.6 Å². The summed E-state index contributed by atoms with van der Waals surface area (Å²) in [7, 11) is 0. The number of benzene rings is 2. The number of rotatable bonds is 4. The Kier molecular flexibility index (Phi) is 9.37. The quantitative estimate of drug-likeness (QED) is 0.424. The number of amides is 4. The third-order valence-corrected chi connectivity index (χ3v) is 7.63. The van der Waals surface area contributed by atoms with Gasteiger partial charge in [-0.05, 0) is 94.7 Å². The van der Waals surface area contributed by atoms with Crippen LogP contribution < -0.4 is 10.6 Å². The standard InChI is InChI=1S/C31H39F3N4O4/c1-20-7-8-23(27(39)37-16-13-22(14-17-37)21-9-11-24(12-10-21)31(32,33)34)18-26(20)36-28(40)35-25-6-5-15-38(19-25)29(41)42-30(2,3)4/h7-12,18,22,25H,5-6,13-17,19H2,1-4H3,(H2,35,36,40). The molecule has 4 amide bonds. The van der Waals surface area contributed by atoms with Crippen LogP contribution in [0.4, 0.5) is 28.4 Å². The molecule has 2 heterocycles. The van der Waals surface area contributed by atoms with Crippen LogP contribution in [-0.4, -0.2) is 65.7 Å². The van der Waals surface area contributed by atoms with Crippen molar-refractivity contribution in [2.75, 3.05) is 31.5 Å². The summed E-state index contributed by atoms with van der Waals surface area (Å²) < 4.78 is 44.1. The first-order valence-electron chi connectivity index (χ1n) is 14.3. The van der Waals surface area contributed by atoms with Gasteiger partial charge in [0.25, 0.3) is 5.91 Å². The molecule has 2 aliphatic heterocycles. The highest BCUT2D eigenvalue weighted by molar-refractivity contribution is 5.97. The lowest BCUT2D eigenvalue weighted by Gasteiger charge is -2.34. The van der Waals surface area contributed by atoms with Crippen LogP contribution in [-0.2, 0) is 10.9 Å². The first-order chi connectivity index (χ1) is 19.7. The van der Waals surface area contributed by atoms with Gasteiger partial charge in [0.15, 0.2) is 0 Å². The molecule has 0 bridgehead atoms. The molecule has 2 fully saturated rings. The summed E-state index contributed by atoms with van der Waals surface area (Å²) in [6.07, 6.45) is -2.00. The number of likely N-dealkylation sites (tertiary alicyclic amines) is 2. The van der Waals surface area contributed by atoms with Gasteiger partial charge in [0.05, 0.1) is 5.56 Å². The molecule has 2 aromatic carbocycles. The number of anilines is 1. The molecule has 2 aromatic rings. The average molecular weight is 589 g/mol. The van der Waals surface area contributed by atoms with Crippen molar-refractivity contribution in [3.8, 4) is 0 Å². The highest BCUT2D eigenvalue weighted by Crippen LogP contribution is 2.33. The van der Waals surface area contributed by atoms with E-state index in [1.165, 1.54) is 12.1 Å². The SMILES string of the molecule is Cc1ccc(C(=O)N2CCC(c3ccc(C(F)(F)F)cc3)CC2)cc1NC(=O)NC1CCCN(C(=O)OC(C)(C)C)C1. The van der Waals surface area contributed by atoms with Crippen LogP contribution in [0, 0.1) is 6.92 Å². The smallest absolute Gasteiger partial charge is 0.416 e. The molecule has 2 saturated heterocycles. The minimum absolute atomic E-state index is 0.0845. The minimum atomic E-state index is -4.37. The second-order valence-electron chi connectivity index (χ2n) is 12.1. The summed E-state index contributed by atoms with van der Waals surface area (Å²) in [6.45, 7) is 9.15. The van der Waals surface area contributed by atoms with Crippen LogP contribution in [0.2, 0.25) is 0 Å². The molecule has 0 aliphatic carbocycles. The van der Waals surface area contributed by atoms with E-state index in [-0.39, 0.29) is 17.9 Å². The molecule has 4 rings (SSSR count). The molecular formula is C31H39F3N4O4. The molecule has 0 aromatic heterocycles. The summed E-state index contributed by atoms with van der Waals surface area (Å²) in [6, 6.07) is 9.77. The number of carbonyl (C=O) groups excluding carboxylic acids is 3. The molecule has 8 nitrogen and oxygen atoms in total. The number of hydrogen-bond acceptors (Lipinski definition) is 4. The molecule has 11 heteroatoms. The molecule has 42 heavy (non-hydrogen) atoms. The fourth-order valence-corrected chi connectivity index (χ4v) is 5.36. The third-order valence-electron chi connectivity index (χ3n) is 7.63. The predicted molar refractivity (Wildman–Crippen MR) is 153 cm³/mol. The zero-order chi connectivity index (χ0) is 30.7. The van der Waals surface area contributed by atoms with E-state index in [1.807, 2.05) is 27.7 Å². The van der Waals surface area contributed by atoms with Gasteiger partial charge in [0.2, 0.25) is 0 Å². The van der Waals surface area contributed by atoms with Gasteiger partial charge >= 0.3 is 18.3 Å². The zero-order valence-corrected chi connectivity index (χ0v) is 24.5. The Morgan fingerprint density at radius 3 is 2.19 bits per heavy atom. The molecule has 228 valence electrons. The topological polar surface area (TPSA) is 91.0 Å². The monoisotopic (exact) mass is 588 g/mol. The van der Waals surface area contributed by atoms with E-state index in [0.717, 1.165) is 36.1 Å². The Morgan fingerprint density at radius 1 is 0.905 bits per heavy atom. The first kappa shape index (κ1) is 31.2. The molecule has 0 spiro atoms. The van der Waals surface area contributed by atoms with Crippen molar-refractivity contribution in [2.24, 2.45) is 0 Å². The Hall–Kier alpha value is -3.76. The molecular weight excluding hydrogens is 549 g/mol. The number of nitrogens with one attached hydrogen (secondary N) is 2. The highest BCUT2D eigenvalue weighted by Gasteiger charge is 2.31. The van der Waals surface area contributed by atoms with Crippen molar-refractivity contribution < 1.29 is 32.3 Å². The summed E-state index contributed by atoms with van der Waals surface area (Å²) in [4.78, 5) is 41.9. The van der Waals surface area contributed by atoms with Gasteiger partial charge in [-0.15, -0.1) is 0 Å². The van der Waals surface area contributed by atoms with E-state index >= 15 is 0 Å². The van der Waals surface area contributed by atoms with Crippen molar-refractivity contribution >= 4 is 23.7 Å². The van der Waals surface area contributed by atoms with Crippen LogP contribution in [0.1, 0.15) is 79.4 Å². The fourth-order valence-electron chi connectivity index (χ4n) is 5.36. The number of ether oxygens (including phenoxy) is 1. The van der Waals surface area contributed by atoms with Crippen molar-refractivity contribution in [1.29, 1.82) is 0 Å². The van der Waals surface area contributed by atoms with Gasteiger partial charge in [-0.2, -0.15) is 13.2 Å². The molecule has 2 aliphatic rings. The molecule has 1 atom stereocenters. The van der Waals surface area contributed by atoms with E-state index in [2.05, 4.69) is 10.6 Å². The van der Waals surface area contributed by atoms with Crippen molar-refractivity contribution in [2.45, 2.75) is 77.1 Å². The number of urea groups is 1. The number of halogens is 3. The van der Waals surface area contributed by atoms with Crippen molar-refractivity contribution in [1.82, 2.24) is 15.1 Å². The van der Waals surface area contributed by atoms with Crippen LogP contribution in [0.3, 0.4) is 0 Å². The van der Waals surface area contributed by atoms with Gasteiger partial charge in [-0.1, -0.05) is 18.2 Å². The minimum Gasteiger partial charge on any atom is -0.444 e. The van der Waals surface area contributed by atoms with Crippen molar-refractivity contribution in [3.05, 3.63) is 64.7 Å². The maximum absolute atomic E-state index is 13.3. The fraction of sp³-hybridized carbons (Fsp3) is 0.516. The van der Waals surface area contributed by atoms with E-state index in [1.54, 1.807) is 28.0 Å². The van der Waals surface area contributed by atoms with Crippen LogP contribution in [0.5, 0.6) is 0 Å². The second-order valence-corrected chi connectivity index (χ2v) is 12.1. The Labute approximate surface area is 244 Å². The zero-order valence-electron chi connectivity index (χ0n) is 24.5. The maximum atomic E-state index is 13.3. The maximum Gasteiger partial charge on any atom is 0.416 e. The number of piperidine rings is 2. The summed E-state index contributed by atoms with van der Waals surface area (Å²) in [5, 5.41) is 5.78. The average Bonchev–Trinajstić information content (AvgIpc) is 2.93. The first-order valence-corrected chi connectivity index (χ1v) is 14.3. The Balaban J connectivity index is 1.31. The van der Waals surface area contributed by atoms with Gasteiger partial charge in [0.1, 0.15) is 5.60 Å². The lowest BCUT2D eigenvalue weighted by molar-refractivity contribution is -0.137. The van der Waals surface area contributed by atoms with Gasteiger partial charge in [-0.3, -0.25) is 4.79 Å². The number of aryl methyl sites for hydroxylation is 1. The Bertz CT molecular complexity index is 1280. The molecule has 1 unspecified atom stereocenters. The predicted octanol–water partition coefficient (Wildman–Crippen LogP) is 6.55. The molecule has 0 radical (unpaired) electrons. The van der Waals surface area contributed by atoms with Crippen LogP contribution in [0.15, 0.2) is 42.5 Å². The lowest BCUT2D eigenvalue weighted by Crippen LogP contribution is -2.51. The largest absolute Gasteiger partial charge is 0.444 e. The van der Waals surface area contributed by atoms with Gasteiger partial charge in [0, 0.05) is 43.5 Å². The number of hydrogen-bond donors (Lipinski definition) is 2. The third kappa shape index (κ3) is 8.17. The normalized spacial score (nSPS) is 18.4. The van der Waals surface area contributed by atoms with E-state index in [0.29, 0.717) is 50.3 Å².